The Morgan fingerprint density at radius 1 is 0.889 bits per heavy atom. The molecule has 1 aliphatic rings. The van der Waals surface area contributed by atoms with Crippen LogP contribution < -0.4 is 5.32 Å². The van der Waals surface area contributed by atoms with E-state index >= 15 is 0 Å². The molecule has 0 radical (unpaired) electrons. The highest BCUT2D eigenvalue weighted by Crippen LogP contribution is 2.34. The van der Waals surface area contributed by atoms with Crippen LogP contribution in [0.2, 0.25) is 0 Å². The van der Waals surface area contributed by atoms with E-state index in [0.29, 0.717) is 16.8 Å². The lowest BCUT2D eigenvalue weighted by Crippen LogP contribution is -2.12. The van der Waals surface area contributed by atoms with E-state index in [0.717, 1.165) is 5.56 Å². The van der Waals surface area contributed by atoms with Crippen LogP contribution in [-0.2, 0) is 4.79 Å². The number of benzene rings is 2. The average Bonchev–Trinajstić information content (AvgIpc) is 2.67. The SMILES string of the molecule is O=C1Nc2c(cccc2-c2ccc(F)cc2)C1=O. The van der Waals surface area contributed by atoms with Crippen LogP contribution in [0.1, 0.15) is 10.4 Å². The molecule has 1 aliphatic heterocycles. The molecule has 3 rings (SSSR count). The summed E-state index contributed by atoms with van der Waals surface area (Å²) in [5, 5.41) is 2.55. The fourth-order valence-electron chi connectivity index (χ4n) is 2.04. The summed E-state index contributed by atoms with van der Waals surface area (Å²) in [5.41, 5.74) is 2.33. The van der Waals surface area contributed by atoms with E-state index in [-0.39, 0.29) is 5.82 Å². The van der Waals surface area contributed by atoms with Crippen LogP contribution in [0.15, 0.2) is 42.5 Å². The summed E-state index contributed by atoms with van der Waals surface area (Å²) in [7, 11) is 0. The van der Waals surface area contributed by atoms with E-state index < -0.39 is 11.7 Å². The lowest BCUT2D eigenvalue weighted by molar-refractivity contribution is -0.112. The lowest BCUT2D eigenvalue weighted by atomic mass is 10.0. The number of para-hydroxylation sites is 1. The first kappa shape index (κ1) is 10.7. The van der Waals surface area contributed by atoms with Gasteiger partial charge in [0.25, 0.3) is 11.7 Å². The molecule has 0 bridgehead atoms. The number of rotatable bonds is 1. The maximum absolute atomic E-state index is 12.9. The van der Waals surface area contributed by atoms with Crippen molar-refractivity contribution in [3.63, 3.8) is 0 Å². The number of hydrogen-bond acceptors (Lipinski definition) is 2. The van der Waals surface area contributed by atoms with Crippen LogP contribution in [0.4, 0.5) is 10.1 Å². The molecular weight excluding hydrogens is 233 g/mol. The van der Waals surface area contributed by atoms with Gasteiger partial charge in [-0.1, -0.05) is 24.3 Å². The molecule has 4 heteroatoms. The van der Waals surface area contributed by atoms with E-state index in [9.17, 15) is 14.0 Å². The summed E-state index contributed by atoms with van der Waals surface area (Å²) in [6.45, 7) is 0. The van der Waals surface area contributed by atoms with Gasteiger partial charge in [-0.05, 0) is 23.8 Å². The Hall–Kier alpha value is -2.49. The molecule has 2 aromatic rings. The molecule has 0 aliphatic carbocycles. The zero-order valence-corrected chi connectivity index (χ0v) is 9.24. The largest absolute Gasteiger partial charge is 0.318 e. The number of carbonyl (C=O) groups excluding carboxylic acids is 2. The van der Waals surface area contributed by atoms with Gasteiger partial charge in [0, 0.05) is 5.56 Å². The number of carbonyl (C=O) groups is 2. The second-order valence-corrected chi connectivity index (χ2v) is 4.02. The Kier molecular flexibility index (Phi) is 2.23. The van der Waals surface area contributed by atoms with Gasteiger partial charge in [-0.25, -0.2) is 4.39 Å². The summed E-state index contributed by atoms with van der Waals surface area (Å²) >= 11 is 0. The van der Waals surface area contributed by atoms with Gasteiger partial charge in [0.15, 0.2) is 0 Å². The van der Waals surface area contributed by atoms with Gasteiger partial charge in [-0.2, -0.15) is 0 Å². The number of anilines is 1. The van der Waals surface area contributed by atoms with Crippen molar-refractivity contribution in [2.24, 2.45) is 0 Å². The Morgan fingerprint density at radius 2 is 1.56 bits per heavy atom. The highest BCUT2D eigenvalue weighted by Gasteiger charge is 2.29. The van der Waals surface area contributed by atoms with Gasteiger partial charge in [0.2, 0.25) is 0 Å². The number of ketones is 1. The van der Waals surface area contributed by atoms with Crippen molar-refractivity contribution >= 4 is 17.4 Å². The first-order valence-electron chi connectivity index (χ1n) is 5.41. The van der Waals surface area contributed by atoms with E-state index in [1.807, 2.05) is 0 Å². The van der Waals surface area contributed by atoms with Crippen LogP contribution >= 0.6 is 0 Å². The van der Waals surface area contributed by atoms with E-state index in [4.69, 9.17) is 0 Å². The third-order valence-corrected chi connectivity index (χ3v) is 2.91. The molecule has 0 atom stereocenters. The Morgan fingerprint density at radius 3 is 2.28 bits per heavy atom. The van der Waals surface area contributed by atoms with Crippen molar-refractivity contribution in [2.45, 2.75) is 0 Å². The van der Waals surface area contributed by atoms with Gasteiger partial charge in [-0.3, -0.25) is 9.59 Å². The number of fused-ring (bicyclic) bond motifs is 1. The first-order valence-corrected chi connectivity index (χ1v) is 5.41. The topological polar surface area (TPSA) is 46.2 Å². The molecule has 3 nitrogen and oxygen atoms in total. The zero-order chi connectivity index (χ0) is 12.7. The normalized spacial score (nSPS) is 13.4. The third-order valence-electron chi connectivity index (χ3n) is 2.91. The van der Waals surface area contributed by atoms with E-state index in [1.54, 1.807) is 30.3 Å². The molecule has 0 spiro atoms. The molecule has 18 heavy (non-hydrogen) atoms. The molecule has 0 unspecified atom stereocenters. The molecule has 0 fully saturated rings. The predicted octanol–water partition coefficient (Wildman–Crippen LogP) is 2.63. The Labute approximate surface area is 102 Å². The molecule has 2 aromatic carbocycles. The molecule has 88 valence electrons. The molecule has 0 saturated heterocycles. The van der Waals surface area contributed by atoms with Gasteiger partial charge < -0.3 is 5.32 Å². The second kappa shape index (κ2) is 3.77. The standard InChI is InChI=1S/C14H8FNO2/c15-9-6-4-8(5-7-9)10-2-1-3-11-12(10)16-14(18)13(11)17/h1-7H,(H,16,17,18). The van der Waals surface area contributed by atoms with E-state index in [2.05, 4.69) is 5.32 Å². The van der Waals surface area contributed by atoms with E-state index in [1.165, 1.54) is 12.1 Å². The van der Waals surface area contributed by atoms with Crippen LogP contribution in [0, 0.1) is 5.82 Å². The summed E-state index contributed by atoms with van der Waals surface area (Å²) in [6.07, 6.45) is 0. The van der Waals surface area contributed by atoms with Crippen molar-refractivity contribution in [3.8, 4) is 11.1 Å². The highest BCUT2D eigenvalue weighted by atomic mass is 19.1. The number of nitrogens with one attached hydrogen (secondary N) is 1. The minimum absolute atomic E-state index is 0.327. The summed E-state index contributed by atoms with van der Waals surface area (Å²) < 4.78 is 12.9. The predicted molar refractivity (Wildman–Crippen MR) is 64.8 cm³/mol. The van der Waals surface area contributed by atoms with Crippen molar-refractivity contribution in [1.82, 2.24) is 0 Å². The molecule has 0 saturated carbocycles. The van der Waals surface area contributed by atoms with Crippen molar-refractivity contribution in [2.75, 3.05) is 5.32 Å². The van der Waals surface area contributed by atoms with Crippen LogP contribution in [0.5, 0.6) is 0 Å². The molecule has 1 heterocycles. The minimum Gasteiger partial charge on any atom is -0.318 e. The zero-order valence-electron chi connectivity index (χ0n) is 9.24. The summed E-state index contributed by atoms with van der Waals surface area (Å²) in [4.78, 5) is 22.9. The third kappa shape index (κ3) is 1.50. The number of hydrogen-bond donors (Lipinski definition) is 1. The monoisotopic (exact) mass is 241 g/mol. The number of halogens is 1. The second-order valence-electron chi connectivity index (χ2n) is 4.02. The Balaban J connectivity index is 2.18. The van der Waals surface area contributed by atoms with Crippen molar-refractivity contribution < 1.29 is 14.0 Å². The lowest BCUT2D eigenvalue weighted by Gasteiger charge is -2.07. The fraction of sp³-hybridized carbons (Fsp3) is 0. The maximum atomic E-state index is 12.9. The highest BCUT2D eigenvalue weighted by molar-refractivity contribution is 6.52. The molecule has 1 amide bonds. The molecular formula is C14H8FNO2. The minimum atomic E-state index is -0.625. The summed E-state index contributed by atoms with van der Waals surface area (Å²) in [5.74, 6) is -1.49. The smallest absolute Gasteiger partial charge is 0.296 e. The first-order chi connectivity index (χ1) is 8.66. The fourth-order valence-corrected chi connectivity index (χ4v) is 2.04. The average molecular weight is 241 g/mol. The maximum Gasteiger partial charge on any atom is 0.296 e. The Bertz CT molecular complexity index is 662. The number of Topliss-reactive ketones (excluding diaryl/α,β-unsaturated/α-hetero) is 1. The molecule has 1 N–H and O–H groups in total. The van der Waals surface area contributed by atoms with Gasteiger partial charge in [0.05, 0.1) is 11.3 Å². The van der Waals surface area contributed by atoms with Gasteiger partial charge >= 0.3 is 0 Å². The van der Waals surface area contributed by atoms with Crippen molar-refractivity contribution in [1.29, 1.82) is 0 Å². The van der Waals surface area contributed by atoms with Gasteiger partial charge in [0.1, 0.15) is 5.82 Å². The summed E-state index contributed by atoms with van der Waals surface area (Å²) in [6, 6.07) is 11.0. The quantitative estimate of drug-likeness (QED) is 0.780. The van der Waals surface area contributed by atoms with Crippen LogP contribution in [0.3, 0.4) is 0 Å². The van der Waals surface area contributed by atoms with Crippen LogP contribution in [-0.4, -0.2) is 11.7 Å². The van der Waals surface area contributed by atoms with Crippen molar-refractivity contribution in [3.05, 3.63) is 53.8 Å². The van der Waals surface area contributed by atoms with Crippen LogP contribution in [0.25, 0.3) is 11.1 Å². The molecule has 0 aromatic heterocycles. The number of amides is 1. The van der Waals surface area contributed by atoms with Gasteiger partial charge in [-0.15, -0.1) is 0 Å².